The monoisotopic (exact) mass is 354 g/mol. The number of nitrogens with two attached hydrogens (primary N) is 2. The second-order valence-corrected chi connectivity index (χ2v) is 12.2. The summed E-state index contributed by atoms with van der Waals surface area (Å²) in [5.74, 6) is -0.436. The number of carboxylic acids is 1. The second-order valence-electron chi connectivity index (χ2n) is 7.43. The van der Waals surface area contributed by atoms with Gasteiger partial charge in [-0.3, -0.25) is 0 Å². The standard InChI is InChI=1S/C17H30N2O4Si/c1-17(2,3)24(4,5)23-15(16(20)21)11-22-13-8-6-12(7-9-13)14(19)10-18/h6-9,14-15H,10-11,18-19H2,1-5H3,(H,20,21). The molecule has 24 heavy (non-hydrogen) atoms. The number of hydrogen-bond donors (Lipinski definition) is 3. The number of carbonyl (C=O) groups is 1. The highest BCUT2D eigenvalue weighted by Crippen LogP contribution is 2.37. The highest BCUT2D eigenvalue weighted by Gasteiger charge is 2.41. The molecule has 0 spiro atoms. The summed E-state index contributed by atoms with van der Waals surface area (Å²) < 4.78 is 11.5. The molecule has 0 radical (unpaired) electrons. The molecule has 5 N–H and O–H groups in total. The van der Waals surface area contributed by atoms with Crippen molar-refractivity contribution in [2.45, 2.75) is 51.0 Å². The largest absolute Gasteiger partial charge is 0.490 e. The van der Waals surface area contributed by atoms with Crippen molar-refractivity contribution in [1.82, 2.24) is 0 Å². The zero-order valence-electron chi connectivity index (χ0n) is 15.2. The van der Waals surface area contributed by atoms with Crippen LogP contribution in [-0.4, -0.2) is 38.6 Å². The molecule has 0 aliphatic rings. The number of benzene rings is 1. The van der Waals surface area contributed by atoms with Gasteiger partial charge in [-0.25, -0.2) is 4.79 Å². The van der Waals surface area contributed by atoms with Gasteiger partial charge in [0.2, 0.25) is 0 Å². The Labute approximate surface area is 145 Å². The van der Waals surface area contributed by atoms with Gasteiger partial charge in [-0.2, -0.15) is 0 Å². The highest BCUT2D eigenvalue weighted by atomic mass is 28.4. The minimum absolute atomic E-state index is 0.0376. The molecule has 2 unspecified atom stereocenters. The quantitative estimate of drug-likeness (QED) is 0.619. The van der Waals surface area contributed by atoms with Gasteiger partial charge in [0.15, 0.2) is 14.4 Å². The van der Waals surface area contributed by atoms with Crippen LogP contribution in [0.25, 0.3) is 0 Å². The molecule has 0 bridgehead atoms. The average Bonchev–Trinajstić information content (AvgIpc) is 2.49. The minimum Gasteiger partial charge on any atom is -0.490 e. The van der Waals surface area contributed by atoms with Crippen LogP contribution in [0.3, 0.4) is 0 Å². The lowest BCUT2D eigenvalue weighted by molar-refractivity contribution is -0.147. The van der Waals surface area contributed by atoms with E-state index >= 15 is 0 Å². The lowest BCUT2D eigenvalue weighted by Crippen LogP contribution is -2.47. The molecule has 0 heterocycles. The van der Waals surface area contributed by atoms with E-state index in [2.05, 4.69) is 20.8 Å². The predicted molar refractivity (Wildman–Crippen MR) is 97.6 cm³/mol. The van der Waals surface area contributed by atoms with E-state index in [4.69, 9.17) is 20.6 Å². The van der Waals surface area contributed by atoms with E-state index in [1.54, 1.807) is 12.1 Å². The Morgan fingerprint density at radius 3 is 2.21 bits per heavy atom. The van der Waals surface area contributed by atoms with Gasteiger partial charge in [0.1, 0.15) is 12.4 Å². The van der Waals surface area contributed by atoms with E-state index in [9.17, 15) is 9.90 Å². The number of hydrogen-bond acceptors (Lipinski definition) is 5. The van der Waals surface area contributed by atoms with Crippen molar-refractivity contribution in [2.75, 3.05) is 13.2 Å². The molecule has 7 heteroatoms. The molecule has 0 amide bonds. The summed E-state index contributed by atoms with van der Waals surface area (Å²) in [7, 11) is -2.19. The summed E-state index contributed by atoms with van der Waals surface area (Å²) in [6.45, 7) is 10.6. The Hall–Kier alpha value is -1.41. The summed E-state index contributed by atoms with van der Waals surface area (Å²) in [4.78, 5) is 11.5. The molecule has 136 valence electrons. The van der Waals surface area contributed by atoms with Crippen molar-refractivity contribution in [1.29, 1.82) is 0 Å². The zero-order chi connectivity index (χ0) is 18.5. The van der Waals surface area contributed by atoms with E-state index in [0.717, 1.165) is 5.56 Å². The van der Waals surface area contributed by atoms with Crippen molar-refractivity contribution in [2.24, 2.45) is 11.5 Å². The Morgan fingerprint density at radius 1 is 1.25 bits per heavy atom. The van der Waals surface area contributed by atoms with Gasteiger partial charge < -0.3 is 25.7 Å². The third-order valence-electron chi connectivity index (χ3n) is 4.48. The maximum absolute atomic E-state index is 11.5. The van der Waals surface area contributed by atoms with E-state index in [1.165, 1.54) is 0 Å². The molecule has 1 rings (SSSR count). The van der Waals surface area contributed by atoms with Crippen molar-refractivity contribution in [3.63, 3.8) is 0 Å². The maximum atomic E-state index is 11.5. The van der Waals surface area contributed by atoms with Crippen molar-refractivity contribution < 1.29 is 19.1 Å². The first-order chi connectivity index (χ1) is 11.0. The first-order valence-corrected chi connectivity index (χ1v) is 11.0. The lowest BCUT2D eigenvalue weighted by Gasteiger charge is -2.38. The molecule has 0 aliphatic heterocycles. The molecule has 0 saturated carbocycles. The fourth-order valence-corrected chi connectivity index (χ4v) is 3.04. The lowest BCUT2D eigenvalue weighted by atomic mass is 10.1. The van der Waals surface area contributed by atoms with Gasteiger partial charge in [0.25, 0.3) is 0 Å². The smallest absolute Gasteiger partial charge is 0.335 e. The van der Waals surface area contributed by atoms with Crippen LogP contribution >= 0.6 is 0 Å². The Morgan fingerprint density at radius 2 is 1.79 bits per heavy atom. The Bertz CT molecular complexity index is 541. The normalized spacial score (nSPS) is 15.0. The van der Waals surface area contributed by atoms with Crippen molar-refractivity contribution in [3.8, 4) is 5.75 Å². The molecule has 0 aliphatic carbocycles. The summed E-state index contributed by atoms with van der Waals surface area (Å²) in [6, 6.07) is 6.97. The number of rotatable bonds is 8. The molecule has 6 nitrogen and oxygen atoms in total. The minimum atomic E-state index is -2.19. The van der Waals surface area contributed by atoms with E-state index in [1.807, 2.05) is 25.2 Å². The van der Waals surface area contributed by atoms with Crippen LogP contribution in [0.1, 0.15) is 32.4 Å². The van der Waals surface area contributed by atoms with Gasteiger partial charge in [-0.15, -0.1) is 0 Å². The summed E-state index contributed by atoms with van der Waals surface area (Å²) in [6.07, 6.45) is -0.989. The number of ether oxygens (including phenoxy) is 1. The van der Waals surface area contributed by atoms with Crippen LogP contribution in [0.15, 0.2) is 24.3 Å². The van der Waals surface area contributed by atoms with Gasteiger partial charge in [0.05, 0.1) is 0 Å². The SMILES string of the molecule is CC(C)(C)[Si](C)(C)OC(COc1ccc(C(N)CN)cc1)C(=O)O. The van der Waals surface area contributed by atoms with E-state index in [0.29, 0.717) is 12.3 Å². The molecular weight excluding hydrogens is 324 g/mol. The summed E-state index contributed by atoms with van der Waals surface area (Å²) in [5.41, 5.74) is 12.3. The van der Waals surface area contributed by atoms with Crippen LogP contribution < -0.4 is 16.2 Å². The van der Waals surface area contributed by atoms with Gasteiger partial charge in [0, 0.05) is 12.6 Å². The van der Waals surface area contributed by atoms with Crippen LogP contribution in [0.4, 0.5) is 0 Å². The van der Waals surface area contributed by atoms with E-state index < -0.39 is 20.4 Å². The Balaban J connectivity index is 2.72. The number of aliphatic carboxylic acids is 1. The van der Waals surface area contributed by atoms with Crippen LogP contribution in [0.2, 0.25) is 18.1 Å². The fourth-order valence-electron chi connectivity index (χ4n) is 1.81. The topological polar surface area (TPSA) is 108 Å². The van der Waals surface area contributed by atoms with Crippen molar-refractivity contribution >= 4 is 14.3 Å². The summed E-state index contributed by atoms with van der Waals surface area (Å²) >= 11 is 0. The van der Waals surface area contributed by atoms with Gasteiger partial charge >= 0.3 is 5.97 Å². The first kappa shape index (κ1) is 20.6. The number of carboxylic acid groups (broad SMARTS) is 1. The third kappa shape index (κ3) is 5.59. The first-order valence-electron chi connectivity index (χ1n) is 8.07. The maximum Gasteiger partial charge on any atom is 0.335 e. The molecule has 0 aromatic heterocycles. The van der Waals surface area contributed by atoms with Gasteiger partial charge in [-0.1, -0.05) is 32.9 Å². The fraction of sp³-hybridized carbons (Fsp3) is 0.588. The third-order valence-corrected chi connectivity index (χ3v) is 8.97. The molecule has 0 fully saturated rings. The second kappa shape index (κ2) is 8.11. The molecule has 1 aromatic rings. The molecular formula is C17H30N2O4Si. The van der Waals surface area contributed by atoms with E-state index in [-0.39, 0.29) is 17.7 Å². The average molecular weight is 355 g/mol. The predicted octanol–water partition coefficient (Wildman–Crippen LogP) is 2.50. The van der Waals surface area contributed by atoms with Crippen LogP contribution in [0.5, 0.6) is 5.75 Å². The Kier molecular flexibility index (Phi) is 6.97. The highest BCUT2D eigenvalue weighted by molar-refractivity contribution is 6.74. The summed E-state index contributed by atoms with van der Waals surface area (Å²) in [5, 5.41) is 9.35. The molecule has 2 atom stereocenters. The van der Waals surface area contributed by atoms with Crippen LogP contribution in [-0.2, 0) is 9.22 Å². The molecule has 0 saturated heterocycles. The van der Waals surface area contributed by atoms with Crippen molar-refractivity contribution in [3.05, 3.63) is 29.8 Å². The molecule has 1 aromatic carbocycles. The zero-order valence-corrected chi connectivity index (χ0v) is 16.2. The van der Waals surface area contributed by atoms with Crippen LogP contribution in [0, 0.1) is 0 Å². The van der Waals surface area contributed by atoms with Gasteiger partial charge in [-0.05, 0) is 35.8 Å².